The van der Waals surface area contributed by atoms with Gasteiger partial charge in [-0.05, 0) is 19.3 Å². The minimum absolute atomic E-state index is 0.00416. The highest BCUT2D eigenvalue weighted by molar-refractivity contribution is 5.79. The van der Waals surface area contributed by atoms with Crippen LogP contribution in [0.25, 0.3) is 0 Å². The van der Waals surface area contributed by atoms with E-state index in [1.807, 2.05) is 6.92 Å². The van der Waals surface area contributed by atoms with E-state index in [4.69, 9.17) is 10.8 Å². The van der Waals surface area contributed by atoms with Gasteiger partial charge in [0.2, 0.25) is 5.91 Å². The van der Waals surface area contributed by atoms with Gasteiger partial charge in [0.15, 0.2) is 0 Å². The lowest BCUT2D eigenvalue weighted by molar-refractivity contribution is -0.127. The van der Waals surface area contributed by atoms with Gasteiger partial charge in [-0.15, -0.1) is 0 Å². The Bertz CT molecular complexity index is 205. The lowest BCUT2D eigenvalue weighted by atomic mass is 9.84. The third-order valence-electron chi connectivity index (χ3n) is 3.22. The molecular weight excluding hydrogens is 192 g/mol. The largest absolute Gasteiger partial charge is 0.394 e. The fraction of sp³-hybridized carbons (Fsp3) is 0.909. The molecule has 1 rings (SSSR count). The van der Waals surface area contributed by atoms with E-state index in [9.17, 15) is 4.79 Å². The average Bonchev–Trinajstić information content (AvgIpc) is 2.26. The molecule has 0 heterocycles. The first-order valence-corrected chi connectivity index (χ1v) is 5.85. The third kappa shape index (κ3) is 3.47. The summed E-state index contributed by atoms with van der Waals surface area (Å²) in [6, 6.07) is -0.124. The van der Waals surface area contributed by atoms with Crippen LogP contribution in [0.3, 0.4) is 0 Å². The van der Waals surface area contributed by atoms with Crippen molar-refractivity contribution >= 4 is 5.91 Å². The van der Waals surface area contributed by atoms with E-state index in [0.717, 1.165) is 32.1 Å². The predicted octanol–water partition coefficient (Wildman–Crippen LogP) is 0.391. The van der Waals surface area contributed by atoms with Crippen molar-refractivity contribution in [1.29, 1.82) is 0 Å². The van der Waals surface area contributed by atoms with Crippen molar-refractivity contribution in [2.45, 2.75) is 51.1 Å². The number of hydrogen-bond donors (Lipinski definition) is 3. The van der Waals surface area contributed by atoms with Crippen LogP contribution in [0.5, 0.6) is 0 Å². The monoisotopic (exact) mass is 214 g/mol. The molecule has 88 valence electrons. The summed E-state index contributed by atoms with van der Waals surface area (Å²) in [5.41, 5.74) is 5.92. The third-order valence-corrected chi connectivity index (χ3v) is 3.22. The first kappa shape index (κ1) is 12.5. The molecule has 1 aliphatic carbocycles. The molecule has 0 saturated heterocycles. The number of rotatable bonds is 4. The highest BCUT2D eigenvalue weighted by atomic mass is 16.3. The molecule has 1 aliphatic rings. The summed E-state index contributed by atoms with van der Waals surface area (Å²) in [6.07, 6.45) is 4.79. The number of amides is 1. The number of carbonyl (C=O) groups excluding carboxylic acids is 1. The van der Waals surface area contributed by atoms with Crippen molar-refractivity contribution in [2.24, 2.45) is 11.7 Å². The van der Waals surface area contributed by atoms with Gasteiger partial charge in [-0.2, -0.15) is 0 Å². The minimum atomic E-state index is -0.119. The van der Waals surface area contributed by atoms with Gasteiger partial charge in [0.1, 0.15) is 0 Å². The highest BCUT2D eigenvalue weighted by Gasteiger charge is 2.28. The van der Waals surface area contributed by atoms with Crippen LogP contribution in [0.1, 0.15) is 39.0 Å². The SMILES string of the molecule is CC[C@@H](CO)NC(=O)C1CCCCC1N. The van der Waals surface area contributed by atoms with Gasteiger partial charge in [0.25, 0.3) is 0 Å². The van der Waals surface area contributed by atoms with Crippen LogP contribution in [-0.4, -0.2) is 29.7 Å². The smallest absolute Gasteiger partial charge is 0.224 e. The van der Waals surface area contributed by atoms with E-state index < -0.39 is 0 Å². The van der Waals surface area contributed by atoms with E-state index >= 15 is 0 Å². The second kappa shape index (κ2) is 6.08. The molecule has 1 saturated carbocycles. The number of carbonyl (C=O) groups is 1. The van der Waals surface area contributed by atoms with Crippen LogP contribution >= 0.6 is 0 Å². The summed E-state index contributed by atoms with van der Waals surface area (Å²) < 4.78 is 0. The molecule has 4 N–H and O–H groups in total. The molecule has 0 aromatic carbocycles. The van der Waals surface area contributed by atoms with Crippen molar-refractivity contribution in [2.75, 3.05) is 6.61 Å². The van der Waals surface area contributed by atoms with Gasteiger partial charge < -0.3 is 16.2 Å². The van der Waals surface area contributed by atoms with Gasteiger partial charge in [-0.25, -0.2) is 0 Å². The first-order valence-electron chi connectivity index (χ1n) is 5.85. The maximum absolute atomic E-state index is 11.8. The van der Waals surface area contributed by atoms with Crippen LogP contribution in [-0.2, 0) is 4.79 Å². The molecule has 0 aromatic rings. The molecule has 0 spiro atoms. The Labute approximate surface area is 91.2 Å². The van der Waals surface area contributed by atoms with E-state index in [2.05, 4.69) is 5.32 Å². The van der Waals surface area contributed by atoms with Crippen LogP contribution in [0.15, 0.2) is 0 Å². The Morgan fingerprint density at radius 2 is 2.20 bits per heavy atom. The molecule has 0 bridgehead atoms. The second-order valence-electron chi connectivity index (χ2n) is 4.35. The number of hydrogen-bond acceptors (Lipinski definition) is 3. The van der Waals surface area contributed by atoms with Crippen molar-refractivity contribution in [3.8, 4) is 0 Å². The van der Waals surface area contributed by atoms with Crippen molar-refractivity contribution < 1.29 is 9.90 Å². The fourth-order valence-corrected chi connectivity index (χ4v) is 2.07. The number of aliphatic hydroxyl groups is 1. The van der Waals surface area contributed by atoms with Crippen LogP contribution in [0.4, 0.5) is 0 Å². The number of nitrogens with two attached hydrogens (primary N) is 1. The van der Waals surface area contributed by atoms with Crippen LogP contribution < -0.4 is 11.1 Å². The molecule has 3 atom stereocenters. The fourth-order valence-electron chi connectivity index (χ4n) is 2.07. The summed E-state index contributed by atoms with van der Waals surface area (Å²) in [5.74, 6) is -0.0394. The summed E-state index contributed by atoms with van der Waals surface area (Å²) >= 11 is 0. The Morgan fingerprint density at radius 1 is 1.53 bits per heavy atom. The summed E-state index contributed by atoms with van der Waals surface area (Å²) in [7, 11) is 0. The summed E-state index contributed by atoms with van der Waals surface area (Å²) in [6.45, 7) is 1.95. The zero-order valence-electron chi connectivity index (χ0n) is 9.41. The quantitative estimate of drug-likeness (QED) is 0.633. The Morgan fingerprint density at radius 3 is 2.73 bits per heavy atom. The van der Waals surface area contributed by atoms with Gasteiger partial charge in [-0.1, -0.05) is 19.8 Å². The van der Waals surface area contributed by atoms with E-state index in [1.54, 1.807) is 0 Å². The minimum Gasteiger partial charge on any atom is -0.394 e. The van der Waals surface area contributed by atoms with Crippen LogP contribution in [0.2, 0.25) is 0 Å². The summed E-state index contributed by atoms with van der Waals surface area (Å²) in [5, 5.41) is 11.8. The summed E-state index contributed by atoms with van der Waals surface area (Å²) in [4.78, 5) is 11.8. The molecule has 0 aromatic heterocycles. The van der Waals surface area contributed by atoms with Crippen molar-refractivity contribution in [3.05, 3.63) is 0 Å². The lowest BCUT2D eigenvalue weighted by Crippen LogP contribution is -2.47. The molecule has 2 unspecified atom stereocenters. The molecule has 0 radical (unpaired) electrons. The second-order valence-corrected chi connectivity index (χ2v) is 4.35. The Kier molecular flexibility index (Phi) is 5.05. The molecule has 15 heavy (non-hydrogen) atoms. The zero-order chi connectivity index (χ0) is 11.3. The van der Waals surface area contributed by atoms with Crippen molar-refractivity contribution in [3.63, 3.8) is 0 Å². The van der Waals surface area contributed by atoms with E-state index in [0.29, 0.717) is 0 Å². The molecule has 0 aliphatic heterocycles. The molecule has 4 nitrogen and oxygen atoms in total. The number of nitrogens with one attached hydrogen (secondary N) is 1. The van der Waals surface area contributed by atoms with Crippen LogP contribution in [0, 0.1) is 5.92 Å². The average molecular weight is 214 g/mol. The molecular formula is C11H22N2O2. The maximum Gasteiger partial charge on any atom is 0.224 e. The number of aliphatic hydroxyl groups excluding tert-OH is 1. The normalized spacial score (nSPS) is 28.5. The van der Waals surface area contributed by atoms with Gasteiger partial charge in [-0.3, -0.25) is 4.79 Å². The van der Waals surface area contributed by atoms with E-state index in [-0.39, 0.29) is 30.5 Å². The Balaban J connectivity index is 2.44. The standard InChI is InChI=1S/C11H22N2O2/c1-2-8(7-14)13-11(15)9-5-3-4-6-10(9)12/h8-10,14H,2-7,12H2,1H3,(H,13,15)/t8-,9?,10?/m0/s1. The lowest BCUT2D eigenvalue weighted by Gasteiger charge is -2.28. The predicted molar refractivity (Wildman–Crippen MR) is 59.2 cm³/mol. The molecule has 1 fully saturated rings. The van der Waals surface area contributed by atoms with Gasteiger partial charge in [0, 0.05) is 6.04 Å². The maximum atomic E-state index is 11.8. The van der Waals surface area contributed by atoms with E-state index in [1.165, 1.54) is 0 Å². The Hall–Kier alpha value is -0.610. The topological polar surface area (TPSA) is 75.3 Å². The zero-order valence-corrected chi connectivity index (χ0v) is 9.41. The van der Waals surface area contributed by atoms with Gasteiger partial charge in [0.05, 0.1) is 18.6 Å². The highest BCUT2D eigenvalue weighted by Crippen LogP contribution is 2.23. The first-order chi connectivity index (χ1) is 7.19. The molecule has 1 amide bonds. The molecule has 4 heteroatoms. The van der Waals surface area contributed by atoms with Crippen molar-refractivity contribution in [1.82, 2.24) is 5.32 Å². The van der Waals surface area contributed by atoms with Gasteiger partial charge >= 0.3 is 0 Å².